The summed E-state index contributed by atoms with van der Waals surface area (Å²) in [4.78, 5) is 40.2. The molecule has 5 rings (SSSR count). The second-order valence-corrected chi connectivity index (χ2v) is 8.53. The number of rotatable bonds is 2. The minimum absolute atomic E-state index is 0.0460. The number of aryl methyl sites for hydroxylation is 1. The number of urea groups is 1. The molecule has 2 aromatic heterocycles. The number of carbonyl (C=O) groups is 2. The zero-order valence-electron chi connectivity index (χ0n) is 17.8. The summed E-state index contributed by atoms with van der Waals surface area (Å²) in [6.45, 7) is 11.1. The first-order chi connectivity index (χ1) is 14.9. The van der Waals surface area contributed by atoms with Gasteiger partial charge in [-0.15, -0.1) is 0 Å². The summed E-state index contributed by atoms with van der Waals surface area (Å²) in [6.07, 6.45) is 5.30. The molecule has 31 heavy (non-hydrogen) atoms. The number of H-pyrrole nitrogens is 1. The monoisotopic (exact) mass is 422 g/mol. The van der Waals surface area contributed by atoms with Crippen molar-refractivity contribution in [1.82, 2.24) is 34.9 Å². The third-order valence-corrected chi connectivity index (χ3v) is 6.46. The van der Waals surface area contributed by atoms with Crippen LogP contribution in [0, 0.1) is 6.92 Å². The molecular weight excluding hydrogens is 396 g/mol. The van der Waals surface area contributed by atoms with Crippen LogP contribution in [-0.2, 0) is 6.54 Å². The van der Waals surface area contributed by atoms with Crippen molar-refractivity contribution in [2.24, 2.45) is 0 Å². The molecule has 2 aromatic rings. The number of nitrogens with zero attached hydrogens (tertiary/aromatic N) is 6. The lowest BCUT2D eigenvalue weighted by molar-refractivity contribution is 0.0701. The number of fused-ring (bicyclic) bond motifs is 2. The van der Waals surface area contributed by atoms with E-state index in [-0.39, 0.29) is 17.8 Å². The normalized spacial score (nSPS) is 23.1. The van der Waals surface area contributed by atoms with Crippen molar-refractivity contribution in [3.8, 4) is 0 Å². The average Bonchev–Trinajstić information content (AvgIpc) is 3.44. The van der Waals surface area contributed by atoms with Crippen LogP contribution in [0.25, 0.3) is 5.70 Å². The van der Waals surface area contributed by atoms with E-state index in [4.69, 9.17) is 0 Å². The van der Waals surface area contributed by atoms with Gasteiger partial charge in [0.1, 0.15) is 5.69 Å². The standard InChI is InChI=1S/C21H26N8O2/c1-12-7-23-17(8-22-12)20(30)24-19-16-11-29(14(3)18(16)25-26-19)21(31)28-10-15-5-4-6-27(15)9-13(28)2/h7-8,13,15H,3-6,9-11H2,1-2H3,(H2,24,25,26,30)/t13-,15?/m0/s1. The third kappa shape index (κ3) is 3.36. The molecule has 0 spiro atoms. The van der Waals surface area contributed by atoms with Gasteiger partial charge in [-0.3, -0.25) is 24.7 Å². The topological polar surface area (TPSA) is 110 Å². The first-order valence-electron chi connectivity index (χ1n) is 10.6. The van der Waals surface area contributed by atoms with Crippen LogP contribution < -0.4 is 5.32 Å². The van der Waals surface area contributed by atoms with E-state index in [2.05, 4.69) is 43.9 Å². The molecular formula is C21H26N8O2. The number of anilines is 1. The molecule has 0 aromatic carbocycles. The summed E-state index contributed by atoms with van der Waals surface area (Å²) in [5, 5.41) is 9.90. The average molecular weight is 422 g/mol. The fourth-order valence-corrected chi connectivity index (χ4v) is 4.72. The number of hydrogen-bond donors (Lipinski definition) is 2. The molecule has 10 nitrogen and oxygen atoms in total. The van der Waals surface area contributed by atoms with Crippen molar-refractivity contribution in [2.45, 2.75) is 45.3 Å². The number of hydrogen-bond acceptors (Lipinski definition) is 6. The van der Waals surface area contributed by atoms with Gasteiger partial charge in [-0.2, -0.15) is 5.10 Å². The molecule has 1 unspecified atom stereocenters. The van der Waals surface area contributed by atoms with Gasteiger partial charge in [-0.25, -0.2) is 9.78 Å². The molecule has 2 atom stereocenters. The summed E-state index contributed by atoms with van der Waals surface area (Å²) < 4.78 is 0. The highest BCUT2D eigenvalue weighted by atomic mass is 16.2. The summed E-state index contributed by atoms with van der Waals surface area (Å²) in [6, 6.07) is 0.544. The van der Waals surface area contributed by atoms with Gasteiger partial charge in [0, 0.05) is 36.9 Å². The Bertz CT molecular complexity index is 1050. The quantitative estimate of drug-likeness (QED) is 0.764. The molecule has 2 N–H and O–H groups in total. The van der Waals surface area contributed by atoms with E-state index in [9.17, 15) is 9.59 Å². The second kappa shape index (κ2) is 7.45. The molecule has 0 radical (unpaired) electrons. The Balaban J connectivity index is 1.31. The lowest BCUT2D eigenvalue weighted by Crippen LogP contribution is -2.58. The number of carbonyl (C=O) groups excluding carboxylic acids is 2. The van der Waals surface area contributed by atoms with Gasteiger partial charge in [-0.1, -0.05) is 6.58 Å². The highest BCUT2D eigenvalue weighted by molar-refractivity contribution is 6.03. The molecule has 0 bridgehead atoms. The molecule has 162 valence electrons. The summed E-state index contributed by atoms with van der Waals surface area (Å²) in [5.74, 6) is -0.0179. The van der Waals surface area contributed by atoms with Crippen LogP contribution in [0.15, 0.2) is 19.0 Å². The zero-order valence-corrected chi connectivity index (χ0v) is 17.8. The number of amides is 3. The third-order valence-electron chi connectivity index (χ3n) is 6.46. The van der Waals surface area contributed by atoms with Crippen molar-refractivity contribution in [3.63, 3.8) is 0 Å². The largest absolute Gasteiger partial charge is 0.325 e. The van der Waals surface area contributed by atoms with Crippen molar-refractivity contribution in [1.29, 1.82) is 0 Å². The second-order valence-electron chi connectivity index (χ2n) is 8.53. The highest BCUT2D eigenvalue weighted by Crippen LogP contribution is 2.36. The van der Waals surface area contributed by atoms with Crippen molar-refractivity contribution >= 4 is 23.5 Å². The van der Waals surface area contributed by atoms with Gasteiger partial charge >= 0.3 is 6.03 Å². The molecule has 3 aliphatic rings. The first-order valence-corrected chi connectivity index (χ1v) is 10.6. The fraction of sp³-hybridized carbons (Fsp3) is 0.476. The van der Waals surface area contributed by atoms with E-state index in [1.165, 1.54) is 18.8 Å². The predicted molar refractivity (Wildman–Crippen MR) is 114 cm³/mol. The van der Waals surface area contributed by atoms with Crippen LogP contribution in [0.2, 0.25) is 0 Å². The molecule has 0 aliphatic carbocycles. The maximum absolute atomic E-state index is 13.4. The predicted octanol–water partition coefficient (Wildman–Crippen LogP) is 1.84. The SMILES string of the molecule is C=C1c2[nH]nc(NC(=O)c3cnc(C)cn3)c2CN1C(=O)N1CC2CCCN2C[C@@H]1C. The van der Waals surface area contributed by atoms with Crippen LogP contribution in [0.4, 0.5) is 10.6 Å². The van der Waals surface area contributed by atoms with Crippen molar-refractivity contribution in [2.75, 3.05) is 25.0 Å². The van der Waals surface area contributed by atoms with E-state index in [0.717, 1.165) is 37.3 Å². The molecule has 3 aliphatic heterocycles. The van der Waals surface area contributed by atoms with Gasteiger partial charge in [0.25, 0.3) is 5.91 Å². The Morgan fingerprint density at radius 3 is 2.87 bits per heavy atom. The van der Waals surface area contributed by atoms with Gasteiger partial charge in [0.15, 0.2) is 5.82 Å². The van der Waals surface area contributed by atoms with Crippen LogP contribution in [0.3, 0.4) is 0 Å². The van der Waals surface area contributed by atoms with Crippen LogP contribution in [0.1, 0.15) is 47.2 Å². The summed E-state index contributed by atoms with van der Waals surface area (Å²) in [5.41, 5.74) is 2.93. The Morgan fingerprint density at radius 1 is 1.26 bits per heavy atom. The lowest BCUT2D eigenvalue weighted by atomic mass is 10.1. The molecule has 5 heterocycles. The molecule has 0 saturated carbocycles. The van der Waals surface area contributed by atoms with Gasteiger partial charge in [0.05, 0.1) is 29.8 Å². The van der Waals surface area contributed by atoms with E-state index in [1.54, 1.807) is 11.8 Å². The van der Waals surface area contributed by atoms with Crippen molar-refractivity contribution in [3.05, 3.63) is 41.6 Å². The minimum atomic E-state index is -0.400. The first kappa shape index (κ1) is 19.7. The van der Waals surface area contributed by atoms with Crippen LogP contribution >= 0.6 is 0 Å². The molecule has 10 heteroatoms. The van der Waals surface area contributed by atoms with Gasteiger partial charge in [0.2, 0.25) is 0 Å². The molecule has 2 fully saturated rings. The minimum Gasteiger partial charge on any atom is -0.319 e. The Labute approximate surface area is 180 Å². The Hall–Kier alpha value is -3.27. The van der Waals surface area contributed by atoms with E-state index < -0.39 is 5.91 Å². The number of piperazine rings is 1. The van der Waals surface area contributed by atoms with Crippen molar-refractivity contribution < 1.29 is 9.59 Å². The van der Waals surface area contributed by atoms with Gasteiger partial charge in [-0.05, 0) is 33.2 Å². The Kier molecular flexibility index (Phi) is 4.73. The van der Waals surface area contributed by atoms with Crippen LogP contribution in [-0.4, -0.2) is 78.5 Å². The molecule has 3 amide bonds. The van der Waals surface area contributed by atoms with E-state index >= 15 is 0 Å². The fourth-order valence-electron chi connectivity index (χ4n) is 4.72. The number of aromatic nitrogens is 4. The van der Waals surface area contributed by atoms with Crippen LogP contribution in [0.5, 0.6) is 0 Å². The highest BCUT2D eigenvalue weighted by Gasteiger charge is 2.41. The number of nitrogens with one attached hydrogen (secondary N) is 2. The smallest absolute Gasteiger partial charge is 0.319 e. The molecule has 2 saturated heterocycles. The zero-order chi connectivity index (χ0) is 21.7. The number of aromatic amines is 1. The maximum atomic E-state index is 13.4. The Morgan fingerprint density at radius 2 is 2.10 bits per heavy atom. The van der Waals surface area contributed by atoms with E-state index in [0.29, 0.717) is 29.8 Å². The van der Waals surface area contributed by atoms with E-state index in [1.807, 2.05) is 4.90 Å². The van der Waals surface area contributed by atoms with Gasteiger partial charge < -0.3 is 10.2 Å². The summed E-state index contributed by atoms with van der Waals surface area (Å²) in [7, 11) is 0. The lowest BCUT2D eigenvalue weighted by Gasteiger charge is -2.43. The maximum Gasteiger partial charge on any atom is 0.325 e. The summed E-state index contributed by atoms with van der Waals surface area (Å²) >= 11 is 0.